The molecule has 7 nitrogen and oxygen atoms in total. The van der Waals surface area contributed by atoms with E-state index in [1.807, 2.05) is 26.0 Å². The molecule has 2 aromatic carbocycles. The highest BCUT2D eigenvalue weighted by Gasteiger charge is 2.61. The molecule has 3 aromatic rings. The van der Waals surface area contributed by atoms with Gasteiger partial charge in [-0.05, 0) is 31.5 Å². The number of amides is 1. The topological polar surface area (TPSA) is 110 Å². The molecule has 0 aliphatic carbocycles. The lowest BCUT2D eigenvalue weighted by molar-refractivity contribution is -0.121. The third-order valence-electron chi connectivity index (χ3n) is 6.22. The first kappa shape index (κ1) is 18.9. The number of nitrogens with two attached hydrogens (primary N) is 1. The first-order valence-electron chi connectivity index (χ1n) is 10.0. The first-order valence-corrected chi connectivity index (χ1v) is 10.0. The molecule has 2 unspecified atom stereocenters. The highest BCUT2D eigenvalue weighted by atomic mass is 16.5. The number of hydrogen-bond donors (Lipinski definition) is 1. The normalized spacial score (nSPS) is 20.4. The molecule has 1 aromatic heterocycles. The number of carbonyl (C=O) groups is 1. The molecule has 3 heterocycles. The SMILES string of the molecule is CCC(C)N1C(=O)C2(C(C#N)=C(N)Oc3c2c(=O)oc2ccccc32)c2ccccc21. The number of nitriles is 1. The van der Waals surface area contributed by atoms with Gasteiger partial charge in [-0.3, -0.25) is 4.79 Å². The van der Waals surface area contributed by atoms with E-state index in [0.29, 0.717) is 28.6 Å². The van der Waals surface area contributed by atoms with Crippen molar-refractivity contribution in [2.24, 2.45) is 5.73 Å². The van der Waals surface area contributed by atoms with Crippen LogP contribution in [0, 0.1) is 11.3 Å². The van der Waals surface area contributed by atoms with Gasteiger partial charge >= 0.3 is 5.63 Å². The third-order valence-corrected chi connectivity index (χ3v) is 6.22. The Morgan fingerprint density at radius 3 is 2.61 bits per heavy atom. The average molecular weight is 413 g/mol. The summed E-state index contributed by atoms with van der Waals surface area (Å²) in [5.41, 5.74) is 5.10. The minimum absolute atomic E-state index is 0.0137. The summed E-state index contributed by atoms with van der Waals surface area (Å²) in [5.74, 6) is -0.452. The molecular formula is C24H19N3O4. The van der Waals surface area contributed by atoms with Gasteiger partial charge < -0.3 is 19.8 Å². The molecule has 7 heteroatoms. The van der Waals surface area contributed by atoms with E-state index in [1.54, 1.807) is 41.3 Å². The lowest BCUT2D eigenvalue weighted by Crippen LogP contribution is -2.50. The summed E-state index contributed by atoms with van der Waals surface area (Å²) in [5, 5.41) is 10.6. The zero-order valence-electron chi connectivity index (χ0n) is 17.0. The fraction of sp³-hybridized carbons (Fsp3) is 0.208. The van der Waals surface area contributed by atoms with E-state index in [2.05, 4.69) is 6.07 Å². The summed E-state index contributed by atoms with van der Waals surface area (Å²) in [7, 11) is 0. The lowest BCUT2D eigenvalue weighted by atomic mass is 9.69. The van der Waals surface area contributed by atoms with Crippen LogP contribution in [0.5, 0.6) is 5.75 Å². The highest BCUT2D eigenvalue weighted by molar-refractivity contribution is 6.15. The highest BCUT2D eigenvalue weighted by Crippen LogP contribution is 2.55. The number of para-hydroxylation sites is 2. The Morgan fingerprint density at radius 1 is 1.16 bits per heavy atom. The number of benzene rings is 2. The first-order chi connectivity index (χ1) is 15.0. The molecule has 31 heavy (non-hydrogen) atoms. The van der Waals surface area contributed by atoms with Gasteiger partial charge in [-0.2, -0.15) is 5.26 Å². The number of ether oxygens (including phenoxy) is 1. The van der Waals surface area contributed by atoms with Gasteiger partial charge in [0.2, 0.25) is 11.8 Å². The molecule has 0 saturated heterocycles. The Labute approximate surface area is 177 Å². The van der Waals surface area contributed by atoms with Crippen molar-refractivity contribution in [3.05, 3.63) is 81.5 Å². The Bertz CT molecular complexity index is 1400. The molecule has 0 bridgehead atoms. The van der Waals surface area contributed by atoms with Gasteiger partial charge in [0.05, 0.1) is 5.39 Å². The average Bonchev–Trinajstić information content (AvgIpc) is 3.02. The second-order valence-electron chi connectivity index (χ2n) is 7.74. The monoisotopic (exact) mass is 413 g/mol. The van der Waals surface area contributed by atoms with E-state index < -0.39 is 16.9 Å². The molecule has 2 aliphatic rings. The fourth-order valence-corrected chi connectivity index (χ4v) is 4.67. The summed E-state index contributed by atoms with van der Waals surface area (Å²) in [4.78, 5) is 29.1. The van der Waals surface area contributed by atoms with Gasteiger partial charge in [0.15, 0.2) is 11.2 Å². The Balaban J connectivity index is 1.99. The van der Waals surface area contributed by atoms with E-state index in [9.17, 15) is 14.9 Å². The van der Waals surface area contributed by atoms with E-state index in [0.717, 1.165) is 0 Å². The van der Waals surface area contributed by atoms with Gasteiger partial charge in [-0.25, -0.2) is 4.79 Å². The number of rotatable bonds is 2. The van der Waals surface area contributed by atoms with Gasteiger partial charge in [-0.1, -0.05) is 37.3 Å². The molecule has 0 saturated carbocycles. The zero-order chi connectivity index (χ0) is 21.9. The fourth-order valence-electron chi connectivity index (χ4n) is 4.67. The summed E-state index contributed by atoms with van der Waals surface area (Å²) < 4.78 is 11.4. The number of anilines is 1. The van der Waals surface area contributed by atoms with Crippen LogP contribution in [0.3, 0.4) is 0 Å². The van der Waals surface area contributed by atoms with Crippen molar-refractivity contribution in [2.75, 3.05) is 4.90 Å². The molecule has 0 fully saturated rings. The number of nitrogens with zero attached hydrogens (tertiary/aromatic N) is 2. The minimum Gasteiger partial charge on any atom is -0.439 e. The largest absolute Gasteiger partial charge is 0.439 e. The van der Waals surface area contributed by atoms with Crippen molar-refractivity contribution in [1.82, 2.24) is 0 Å². The van der Waals surface area contributed by atoms with Crippen LogP contribution in [0.1, 0.15) is 31.4 Å². The molecule has 1 amide bonds. The smallest absolute Gasteiger partial charge is 0.345 e. The van der Waals surface area contributed by atoms with Crippen molar-refractivity contribution < 1.29 is 13.9 Å². The maximum Gasteiger partial charge on any atom is 0.345 e. The molecule has 1 spiro atoms. The number of hydrogen-bond acceptors (Lipinski definition) is 6. The van der Waals surface area contributed by atoms with Crippen molar-refractivity contribution in [2.45, 2.75) is 31.7 Å². The predicted octanol–water partition coefficient (Wildman–Crippen LogP) is 3.31. The van der Waals surface area contributed by atoms with Crippen molar-refractivity contribution in [1.29, 1.82) is 5.26 Å². The Morgan fingerprint density at radius 2 is 1.87 bits per heavy atom. The number of carbonyl (C=O) groups excluding carboxylic acids is 1. The Hall–Kier alpha value is -4.05. The summed E-state index contributed by atoms with van der Waals surface area (Å²) in [6.07, 6.45) is 0.687. The molecule has 2 N–H and O–H groups in total. The van der Waals surface area contributed by atoms with Crippen LogP contribution in [-0.4, -0.2) is 11.9 Å². The van der Waals surface area contributed by atoms with Crippen LogP contribution >= 0.6 is 0 Å². The molecule has 2 aliphatic heterocycles. The van der Waals surface area contributed by atoms with E-state index in [4.69, 9.17) is 14.9 Å². The lowest BCUT2D eigenvalue weighted by Gasteiger charge is -2.34. The molecule has 5 rings (SSSR count). The Kier molecular flexibility index (Phi) is 3.96. The van der Waals surface area contributed by atoms with Crippen LogP contribution in [0.4, 0.5) is 5.69 Å². The van der Waals surface area contributed by atoms with Gasteiger partial charge in [0, 0.05) is 17.3 Å². The summed E-state index contributed by atoms with van der Waals surface area (Å²) in [6.45, 7) is 3.90. The van der Waals surface area contributed by atoms with E-state index in [-0.39, 0.29) is 28.8 Å². The predicted molar refractivity (Wildman–Crippen MR) is 114 cm³/mol. The quantitative estimate of drug-likeness (QED) is 0.646. The van der Waals surface area contributed by atoms with E-state index >= 15 is 0 Å². The van der Waals surface area contributed by atoms with Gasteiger partial charge in [0.25, 0.3) is 0 Å². The second-order valence-corrected chi connectivity index (χ2v) is 7.74. The third kappa shape index (κ3) is 2.22. The summed E-state index contributed by atoms with van der Waals surface area (Å²) >= 11 is 0. The molecular weight excluding hydrogens is 394 g/mol. The van der Waals surface area contributed by atoms with Gasteiger partial charge in [0.1, 0.15) is 22.8 Å². The zero-order valence-corrected chi connectivity index (χ0v) is 17.0. The number of fused-ring (bicyclic) bond motifs is 6. The molecule has 154 valence electrons. The standard InChI is InChI=1S/C24H19N3O4/c1-3-13(2)27-17-10-6-5-9-15(17)24(23(27)29)16(12-25)21(26)31-20-14-8-4-7-11-18(14)30-22(28)19(20)24/h4-11,13H,3,26H2,1-2H3. The molecule has 2 atom stereocenters. The minimum atomic E-state index is -1.73. The summed E-state index contributed by atoms with van der Waals surface area (Å²) in [6, 6.07) is 15.9. The van der Waals surface area contributed by atoms with E-state index in [1.165, 1.54) is 0 Å². The van der Waals surface area contributed by atoms with Crippen LogP contribution in [0.15, 0.2) is 69.2 Å². The second kappa shape index (κ2) is 6.47. The van der Waals surface area contributed by atoms with Gasteiger partial charge in [-0.15, -0.1) is 0 Å². The van der Waals surface area contributed by atoms with Crippen molar-refractivity contribution in [3.63, 3.8) is 0 Å². The maximum absolute atomic E-state index is 14.2. The maximum atomic E-state index is 14.2. The van der Waals surface area contributed by atoms with Crippen molar-refractivity contribution >= 4 is 22.6 Å². The van der Waals surface area contributed by atoms with Crippen LogP contribution in [0.2, 0.25) is 0 Å². The van der Waals surface area contributed by atoms with Crippen LogP contribution in [0.25, 0.3) is 11.0 Å². The van der Waals surface area contributed by atoms with Crippen molar-refractivity contribution in [3.8, 4) is 11.8 Å². The van der Waals surface area contributed by atoms with Crippen LogP contribution in [-0.2, 0) is 10.2 Å². The van der Waals surface area contributed by atoms with Crippen LogP contribution < -0.4 is 21.0 Å². The molecule has 0 radical (unpaired) electrons.